The van der Waals surface area contributed by atoms with E-state index in [4.69, 9.17) is 92.8 Å². The van der Waals surface area contributed by atoms with Crippen molar-refractivity contribution in [1.82, 2.24) is 10.0 Å². The maximum Gasteiger partial charge on any atom is 0.274 e. The first-order chi connectivity index (χ1) is 18.1. The molecule has 0 aromatic heterocycles. The molecular formula is C24H11BrCl8N2O4. The van der Waals surface area contributed by atoms with Crippen molar-refractivity contribution in [2.45, 2.75) is 14.1 Å². The number of carbonyl (C=O) groups excluding carboxylic acids is 4. The Morgan fingerprint density at radius 3 is 1.85 bits per heavy atom. The number of hydrazine groups is 1. The van der Waals surface area contributed by atoms with E-state index in [0.29, 0.717) is 14.5 Å². The summed E-state index contributed by atoms with van der Waals surface area (Å²) in [6, 6.07) is 10.2. The summed E-state index contributed by atoms with van der Waals surface area (Å²) in [4.78, 5) is 50.7. The minimum absolute atomic E-state index is 0.0798. The van der Waals surface area contributed by atoms with Crippen LogP contribution in [0.1, 0.15) is 20.7 Å². The fourth-order valence-corrected chi connectivity index (χ4v) is 8.80. The predicted molar refractivity (Wildman–Crippen MR) is 155 cm³/mol. The molecule has 6 nitrogen and oxygen atoms in total. The maximum absolute atomic E-state index is 13.9. The molecule has 4 atom stereocenters. The normalized spacial score (nSPS) is 28.8. The summed E-state index contributed by atoms with van der Waals surface area (Å²) in [7, 11) is 0. The van der Waals surface area contributed by atoms with Gasteiger partial charge in [0.05, 0.1) is 32.5 Å². The molecule has 39 heavy (non-hydrogen) atoms. The van der Waals surface area contributed by atoms with Crippen molar-refractivity contribution in [3.63, 3.8) is 0 Å². The number of carbonyl (C=O) groups is 4. The van der Waals surface area contributed by atoms with Crippen molar-refractivity contribution >= 4 is 132 Å². The van der Waals surface area contributed by atoms with E-state index < -0.39 is 56.0 Å². The highest BCUT2D eigenvalue weighted by molar-refractivity contribution is 9.10. The number of Topliss-reactive ketones (excluding diaryl/α,β-unsaturated/α-hetero) is 1. The van der Waals surface area contributed by atoms with Crippen molar-refractivity contribution in [3.05, 3.63) is 78.2 Å². The van der Waals surface area contributed by atoms with Crippen LogP contribution in [-0.4, -0.2) is 54.1 Å². The van der Waals surface area contributed by atoms with E-state index in [9.17, 15) is 19.2 Å². The fraction of sp³-hybridized carbons (Fsp3) is 0.250. The van der Waals surface area contributed by atoms with Gasteiger partial charge in [-0.05, 0) is 30.3 Å². The summed E-state index contributed by atoms with van der Waals surface area (Å²) in [6.45, 7) is -0.733. The first-order valence-corrected chi connectivity index (χ1v) is 14.7. The minimum atomic E-state index is -2.16. The van der Waals surface area contributed by atoms with Gasteiger partial charge in [0.25, 0.3) is 17.7 Å². The average Bonchev–Trinajstić information content (AvgIpc) is 3.26. The molecule has 2 aromatic rings. The number of hydrogen-bond donors (Lipinski definition) is 0. The minimum Gasteiger partial charge on any atom is -0.292 e. The first-order valence-electron chi connectivity index (χ1n) is 10.9. The number of hydrogen-bond acceptors (Lipinski definition) is 4. The van der Waals surface area contributed by atoms with Gasteiger partial charge in [0, 0.05) is 15.1 Å². The number of halogens is 9. The lowest BCUT2D eigenvalue weighted by molar-refractivity contribution is -0.154. The molecule has 3 amide bonds. The Bertz CT molecular complexity index is 1470. The number of alkyl halides is 4. The summed E-state index contributed by atoms with van der Waals surface area (Å²) in [6.07, 6.45) is 0. The molecular weight excluding hydrogens is 744 g/mol. The van der Waals surface area contributed by atoms with E-state index in [0.717, 1.165) is 0 Å². The van der Waals surface area contributed by atoms with Crippen molar-refractivity contribution in [3.8, 4) is 0 Å². The molecule has 2 aromatic carbocycles. The Morgan fingerprint density at radius 2 is 1.36 bits per heavy atom. The number of benzene rings is 2. The predicted octanol–water partition coefficient (Wildman–Crippen LogP) is 7.44. The molecule has 1 heterocycles. The van der Waals surface area contributed by atoms with Crippen LogP contribution in [-0.2, 0) is 9.59 Å². The highest BCUT2D eigenvalue weighted by Gasteiger charge is 2.88. The van der Waals surface area contributed by atoms with E-state index in [1.807, 2.05) is 0 Å². The average molecular weight is 755 g/mol. The summed E-state index contributed by atoms with van der Waals surface area (Å²) in [5.41, 5.74) is 0.0678. The topological polar surface area (TPSA) is 74.8 Å². The molecule has 2 fully saturated rings. The zero-order valence-corrected chi connectivity index (χ0v) is 26.5. The largest absolute Gasteiger partial charge is 0.292 e. The Balaban J connectivity index is 1.61. The van der Waals surface area contributed by atoms with E-state index in [-0.39, 0.29) is 31.2 Å². The molecule has 1 saturated heterocycles. The van der Waals surface area contributed by atoms with Gasteiger partial charge in [0.2, 0.25) is 0 Å². The molecule has 204 valence electrons. The fourth-order valence-electron chi connectivity index (χ4n) is 5.12. The second kappa shape index (κ2) is 9.92. The van der Waals surface area contributed by atoms with Gasteiger partial charge in [0.1, 0.15) is 16.3 Å². The lowest BCUT2D eigenvalue weighted by Gasteiger charge is -2.36. The number of nitrogens with zero attached hydrogens (tertiary/aromatic N) is 2. The lowest BCUT2D eigenvalue weighted by atomic mass is 9.84. The third kappa shape index (κ3) is 3.95. The second-order valence-electron chi connectivity index (χ2n) is 8.99. The lowest BCUT2D eigenvalue weighted by Crippen LogP contribution is -2.56. The number of allylic oxidation sites excluding steroid dienone is 2. The smallest absolute Gasteiger partial charge is 0.274 e. The van der Waals surface area contributed by atoms with Gasteiger partial charge < -0.3 is 0 Å². The highest BCUT2D eigenvalue weighted by Crippen LogP contribution is 2.77. The molecule has 2 aliphatic carbocycles. The molecule has 5 rings (SSSR count). The summed E-state index contributed by atoms with van der Waals surface area (Å²) >= 11 is 54.9. The van der Waals surface area contributed by atoms with Gasteiger partial charge in [-0.15, -0.1) is 23.2 Å². The van der Waals surface area contributed by atoms with Crippen LogP contribution in [0, 0.1) is 11.8 Å². The first kappa shape index (κ1) is 29.7. The van der Waals surface area contributed by atoms with Crippen molar-refractivity contribution in [2.75, 3.05) is 6.54 Å². The van der Waals surface area contributed by atoms with Crippen molar-refractivity contribution < 1.29 is 19.2 Å². The van der Waals surface area contributed by atoms with E-state index >= 15 is 0 Å². The van der Waals surface area contributed by atoms with E-state index in [1.165, 1.54) is 30.3 Å². The molecule has 0 radical (unpaired) electrons. The molecule has 3 aliphatic rings. The van der Waals surface area contributed by atoms with Gasteiger partial charge in [-0.25, -0.2) is 5.01 Å². The summed E-state index contributed by atoms with van der Waals surface area (Å²) in [5.74, 6) is -6.56. The molecule has 0 spiro atoms. The third-order valence-corrected chi connectivity index (χ3v) is 12.3. The van der Waals surface area contributed by atoms with Gasteiger partial charge in [-0.1, -0.05) is 97.7 Å². The van der Waals surface area contributed by atoms with Crippen molar-refractivity contribution in [2.24, 2.45) is 11.8 Å². The van der Waals surface area contributed by atoms with Crippen LogP contribution in [0.15, 0.2) is 57.0 Å². The van der Waals surface area contributed by atoms with Crippen molar-refractivity contribution in [1.29, 1.82) is 0 Å². The van der Waals surface area contributed by atoms with Gasteiger partial charge in [0.15, 0.2) is 10.1 Å². The quantitative estimate of drug-likeness (QED) is 0.181. The molecule has 15 heteroatoms. The summed E-state index contributed by atoms with van der Waals surface area (Å²) < 4.78 is -1.45. The monoisotopic (exact) mass is 750 g/mol. The van der Waals surface area contributed by atoms with Crippen LogP contribution in [0.4, 0.5) is 0 Å². The van der Waals surface area contributed by atoms with Gasteiger partial charge in [-0.3, -0.25) is 19.2 Å². The second-order valence-corrected chi connectivity index (χ2v) is 14.0. The van der Waals surface area contributed by atoms with Crippen LogP contribution in [0.2, 0.25) is 10.0 Å². The van der Waals surface area contributed by atoms with Crippen LogP contribution < -0.4 is 0 Å². The Hall–Kier alpha value is -0.740. The highest BCUT2D eigenvalue weighted by atomic mass is 79.9. The van der Waals surface area contributed by atoms with Crippen LogP contribution in [0.3, 0.4) is 0 Å². The van der Waals surface area contributed by atoms with Crippen LogP contribution in [0.25, 0.3) is 0 Å². The standard InChI is InChI=1S/C24H11BrCl8N2O4/c25-10-3-1-9(2-4-10)14(36)8-34(19(37)12-6-5-11(26)7-13(12)27)35-20(38)15-16(21(35)39)23(31)18(29)17(28)22(15,30)24(23,32)33/h1-7,15-16H,8H2/t15-,16-,22+,23+/m0/s1. The molecule has 1 saturated carbocycles. The number of rotatable bonds is 5. The van der Waals surface area contributed by atoms with Crippen LogP contribution in [0.5, 0.6) is 0 Å². The maximum atomic E-state index is 13.9. The third-order valence-electron chi connectivity index (χ3n) is 6.98. The van der Waals surface area contributed by atoms with E-state index in [2.05, 4.69) is 15.9 Å². The molecule has 1 aliphatic heterocycles. The summed E-state index contributed by atoms with van der Waals surface area (Å²) in [5, 5.41) is 0.755. The van der Waals surface area contributed by atoms with Gasteiger partial charge in [-0.2, -0.15) is 5.01 Å². The molecule has 0 unspecified atom stereocenters. The SMILES string of the molecule is O=C(CN(C(=O)c1ccc(Cl)cc1Cl)N1C(=O)[C@@H]2[C@@H](C1=O)[C@@]1(Cl)C(Cl)=C(Cl)[C@@]2(Cl)C1(Cl)Cl)c1ccc(Br)cc1. The number of ketones is 1. The Labute approximate surface area is 270 Å². The Kier molecular flexibility index (Phi) is 7.57. The van der Waals surface area contributed by atoms with Crippen LogP contribution >= 0.6 is 109 Å². The number of amides is 3. The molecule has 0 N–H and O–H groups in total. The Morgan fingerprint density at radius 1 is 0.846 bits per heavy atom. The number of imide groups is 1. The molecule has 2 bridgehead atoms. The number of fused-ring (bicyclic) bond motifs is 5. The van der Waals surface area contributed by atoms with Gasteiger partial charge >= 0.3 is 0 Å². The zero-order chi connectivity index (χ0) is 28.8. The van der Waals surface area contributed by atoms with E-state index in [1.54, 1.807) is 12.1 Å². The zero-order valence-electron chi connectivity index (χ0n) is 18.8.